The average Bonchev–Trinajstić information content (AvgIpc) is 2.25. The maximum absolute atomic E-state index is 10.0. The molecule has 16 heavy (non-hydrogen) atoms. The molecular formula is C14H23NO. The second-order valence-corrected chi connectivity index (χ2v) is 5.25. The number of aliphatic hydroxyl groups is 1. The maximum atomic E-state index is 10.0. The largest absolute Gasteiger partial charge is 0.387 e. The van der Waals surface area contributed by atoms with Gasteiger partial charge in [0.15, 0.2) is 0 Å². The van der Waals surface area contributed by atoms with Crippen molar-refractivity contribution in [1.29, 1.82) is 0 Å². The third-order valence-corrected chi connectivity index (χ3v) is 2.57. The Bertz CT molecular complexity index is 328. The Morgan fingerprint density at radius 1 is 1.31 bits per heavy atom. The number of aliphatic hydroxyl groups excluding tert-OH is 1. The minimum Gasteiger partial charge on any atom is -0.387 e. The van der Waals surface area contributed by atoms with Crippen molar-refractivity contribution in [2.45, 2.75) is 45.8 Å². The lowest BCUT2D eigenvalue weighted by atomic mass is 10.0. The van der Waals surface area contributed by atoms with Crippen molar-refractivity contribution in [3.8, 4) is 0 Å². The van der Waals surface area contributed by atoms with Crippen molar-refractivity contribution >= 4 is 0 Å². The van der Waals surface area contributed by atoms with E-state index in [1.165, 1.54) is 5.56 Å². The van der Waals surface area contributed by atoms with E-state index in [9.17, 15) is 5.11 Å². The molecule has 0 aliphatic carbocycles. The third kappa shape index (κ3) is 4.33. The molecule has 0 aliphatic heterocycles. The van der Waals surface area contributed by atoms with Crippen molar-refractivity contribution in [3.05, 3.63) is 35.4 Å². The van der Waals surface area contributed by atoms with Gasteiger partial charge in [-0.15, -0.1) is 0 Å². The van der Waals surface area contributed by atoms with Crippen molar-refractivity contribution in [2.24, 2.45) is 0 Å². The Balaban J connectivity index is 2.62. The molecule has 0 radical (unpaired) electrons. The van der Waals surface area contributed by atoms with Gasteiger partial charge in [0.1, 0.15) is 0 Å². The highest BCUT2D eigenvalue weighted by Crippen LogP contribution is 2.15. The molecule has 0 saturated heterocycles. The number of β-amino-alcohol motifs (C(OH)–C–C–N with tert-alkyl or cyclic N) is 1. The van der Waals surface area contributed by atoms with E-state index in [-0.39, 0.29) is 5.54 Å². The summed E-state index contributed by atoms with van der Waals surface area (Å²) in [6.45, 7) is 9.02. The molecule has 0 spiro atoms. The van der Waals surface area contributed by atoms with Crippen LogP contribution in [0, 0.1) is 0 Å². The third-order valence-electron chi connectivity index (χ3n) is 2.57. The van der Waals surface area contributed by atoms with Crippen molar-refractivity contribution < 1.29 is 5.11 Å². The van der Waals surface area contributed by atoms with Gasteiger partial charge in [-0.05, 0) is 38.3 Å². The van der Waals surface area contributed by atoms with Gasteiger partial charge in [-0.3, -0.25) is 0 Å². The standard InChI is InChI=1S/C14H23NO/c1-5-11-7-6-8-12(9-11)13(16)10-15-14(2,3)4/h6-9,13,15-16H,5,10H2,1-4H3. The monoisotopic (exact) mass is 221 g/mol. The van der Waals surface area contributed by atoms with E-state index in [0.717, 1.165) is 12.0 Å². The summed E-state index contributed by atoms with van der Waals surface area (Å²) >= 11 is 0. The Morgan fingerprint density at radius 3 is 2.56 bits per heavy atom. The van der Waals surface area contributed by atoms with Crippen LogP contribution in [0.2, 0.25) is 0 Å². The van der Waals surface area contributed by atoms with Crippen LogP contribution in [-0.2, 0) is 6.42 Å². The molecular weight excluding hydrogens is 198 g/mol. The summed E-state index contributed by atoms with van der Waals surface area (Å²) in [7, 11) is 0. The fraction of sp³-hybridized carbons (Fsp3) is 0.571. The van der Waals surface area contributed by atoms with Gasteiger partial charge in [0, 0.05) is 12.1 Å². The number of hydrogen-bond acceptors (Lipinski definition) is 2. The fourth-order valence-corrected chi connectivity index (χ4v) is 1.54. The van der Waals surface area contributed by atoms with Gasteiger partial charge in [-0.2, -0.15) is 0 Å². The lowest BCUT2D eigenvalue weighted by Crippen LogP contribution is -2.38. The second kappa shape index (κ2) is 5.46. The highest BCUT2D eigenvalue weighted by atomic mass is 16.3. The van der Waals surface area contributed by atoms with Crippen LogP contribution in [0.4, 0.5) is 0 Å². The summed E-state index contributed by atoms with van der Waals surface area (Å²) < 4.78 is 0. The van der Waals surface area contributed by atoms with Gasteiger partial charge >= 0.3 is 0 Å². The highest BCUT2D eigenvalue weighted by Gasteiger charge is 2.13. The summed E-state index contributed by atoms with van der Waals surface area (Å²) in [6, 6.07) is 8.16. The number of rotatable bonds is 4. The Morgan fingerprint density at radius 2 is 2.00 bits per heavy atom. The van der Waals surface area contributed by atoms with Crippen LogP contribution in [0.1, 0.15) is 44.9 Å². The molecule has 1 aromatic rings. The first kappa shape index (κ1) is 13.2. The van der Waals surface area contributed by atoms with E-state index in [4.69, 9.17) is 0 Å². The number of hydrogen-bond donors (Lipinski definition) is 2. The summed E-state index contributed by atoms with van der Waals surface area (Å²) in [5.74, 6) is 0. The smallest absolute Gasteiger partial charge is 0.0914 e. The minimum absolute atomic E-state index is 0.0450. The molecule has 1 aromatic carbocycles. The predicted octanol–water partition coefficient (Wildman–Crippen LogP) is 2.67. The van der Waals surface area contributed by atoms with E-state index >= 15 is 0 Å². The zero-order valence-electron chi connectivity index (χ0n) is 10.7. The van der Waals surface area contributed by atoms with Gasteiger partial charge in [-0.1, -0.05) is 31.2 Å². The summed E-state index contributed by atoms with van der Waals surface area (Å²) in [4.78, 5) is 0. The first-order valence-corrected chi connectivity index (χ1v) is 5.94. The second-order valence-electron chi connectivity index (χ2n) is 5.25. The topological polar surface area (TPSA) is 32.3 Å². The van der Waals surface area contributed by atoms with Gasteiger partial charge < -0.3 is 10.4 Å². The molecule has 2 heteroatoms. The van der Waals surface area contributed by atoms with E-state index < -0.39 is 6.10 Å². The zero-order chi connectivity index (χ0) is 12.2. The van der Waals surface area contributed by atoms with Gasteiger partial charge in [0.2, 0.25) is 0 Å². The molecule has 0 aromatic heterocycles. The highest BCUT2D eigenvalue weighted by molar-refractivity contribution is 5.25. The molecule has 1 unspecified atom stereocenters. The first-order valence-electron chi connectivity index (χ1n) is 5.94. The van der Waals surface area contributed by atoms with E-state index in [1.807, 2.05) is 12.1 Å². The molecule has 1 atom stereocenters. The van der Waals surface area contributed by atoms with Gasteiger partial charge in [0.05, 0.1) is 6.10 Å². The van der Waals surface area contributed by atoms with Crippen molar-refractivity contribution in [1.82, 2.24) is 5.32 Å². The molecule has 90 valence electrons. The summed E-state index contributed by atoms with van der Waals surface area (Å²) in [5, 5.41) is 13.3. The molecule has 0 bridgehead atoms. The quantitative estimate of drug-likeness (QED) is 0.819. The first-order chi connectivity index (χ1) is 7.42. The Hall–Kier alpha value is -0.860. The maximum Gasteiger partial charge on any atom is 0.0914 e. The van der Waals surface area contributed by atoms with Crippen molar-refractivity contribution in [2.75, 3.05) is 6.54 Å². The van der Waals surface area contributed by atoms with Crippen LogP contribution in [0.5, 0.6) is 0 Å². The number of aryl methyl sites for hydroxylation is 1. The normalized spacial score (nSPS) is 13.8. The number of nitrogens with one attached hydrogen (secondary N) is 1. The van der Waals surface area contributed by atoms with E-state index in [1.54, 1.807) is 0 Å². The molecule has 2 nitrogen and oxygen atoms in total. The zero-order valence-corrected chi connectivity index (χ0v) is 10.7. The molecule has 1 rings (SSSR count). The molecule has 2 N–H and O–H groups in total. The average molecular weight is 221 g/mol. The minimum atomic E-state index is -0.425. The van der Waals surface area contributed by atoms with Crippen LogP contribution in [-0.4, -0.2) is 17.2 Å². The molecule has 0 aliphatic rings. The lowest BCUT2D eigenvalue weighted by Gasteiger charge is -2.23. The van der Waals surface area contributed by atoms with Gasteiger partial charge in [-0.25, -0.2) is 0 Å². The Kier molecular flexibility index (Phi) is 4.51. The fourth-order valence-electron chi connectivity index (χ4n) is 1.54. The van der Waals surface area contributed by atoms with E-state index in [2.05, 4.69) is 45.1 Å². The van der Waals surface area contributed by atoms with Gasteiger partial charge in [0.25, 0.3) is 0 Å². The van der Waals surface area contributed by atoms with E-state index in [0.29, 0.717) is 6.54 Å². The SMILES string of the molecule is CCc1cccc(C(O)CNC(C)(C)C)c1. The molecule has 0 fully saturated rings. The Labute approximate surface area is 98.7 Å². The van der Waals surface area contributed by atoms with Crippen LogP contribution >= 0.6 is 0 Å². The summed E-state index contributed by atoms with van der Waals surface area (Å²) in [5.41, 5.74) is 2.31. The van der Waals surface area contributed by atoms with Crippen LogP contribution in [0.25, 0.3) is 0 Å². The van der Waals surface area contributed by atoms with Crippen molar-refractivity contribution in [3.63, 3.8) is 0 Å². The molecule has 0 heterocycles. The predicted molar refractivity (Wildman–Crippen MR) is 68.5 cm³/mol. The summed E-state index contributed by atoms with van der Waals surface area (Å²) in [6.07, 6.45) is 0.582. The molecule has 0 saturated carbocycles. The number of benzene rings is 1. The van der Waals surface area contributed by atoms with Crippen LogP contribution in [0.15, 0.2) is 24.3 Å². The van der Waals surface area contributed by atoms with Crippen LogP contribution in [0.3, 0.4) is 0 Å². The van der Waals surface area contributed by atoms with Crippen LogP contribution < -0.4 is 5.32 Å². The molecule has 0 amide bonds. The lowest BCUT2D eigenvalue weighted by molar-refractivity contribution is 0.163.